The highest BCUT2D eigenvalue weighted by Crippen LogP contribution is 2.27. The third kappa shape index (κ3) is 1.92. The van der Waals surface area contributed by atoms with Gasteiger partial charge >= 0.3 is 0 Å². The van der Waals surface area contributed by atoms with Crippen molar-refractivity contribution in [2.75, 3.05) is 18.4 Å². The predicted octanol–water partition coefficient (Wildman–Crippen LogP) is 1.73. The summed E-state index contributed by atoms with van der Waals surface area (Å²) in [5.41, 5.74) is 4.11. The number of rotatable bonds is 2. The van der Waals surface area contributed by atoms with E-state index in [9.17, 15) is 0 Å². The van der Waals surface area contributed by atoms with Gasteiger partial charge in [0.2, 0.25) is 0 Å². The number of hydrogen-bond donors (Lipinski definition) is 2. The van der Waals surface area contributed by atoms with Crippen LogP contribution >= 0.6 is 0 Å². The second-order valence-corrected chi connectivity index (χ2v) is 4.82. The van der Waals surface area contributed by atoms with E-state index < -0.39 is 0 Å². The molecule has 1 aromatic heterocycles. The van der Waals surface area contributed by atoms with Crippen LogP contribution in [0.4, 0.5) is 5.69 Å². The first kappa shape index (κ1) is 10.1. The molecule has 0 spiro atoms. The number of piperidine rings is 1. The first-order valence-electron chi connectivity index (χ1n) is 6.37. The Hall–Kier alpha value is -1.09. The van der Waals surface area contributed by atoms with Crippen molar-refractivity contribution < 1.29 is 0 Å². The molecule has 0 amide bonds. The van der Waals surface area contributed by atoms with Crippen LogP contribution in [0.1, 0.15) is 30.5 Å². The monoisotopic (exact) mass is 217 g/mol. The van der Waals surface area contributed by atoms with Crippen LogP contribution in [0.25, 0.3) is 0 Å². The van der Waals surface area contributed by atoms with E-state index in [1.807, 2.05) is 6.20 Å². The molecule has 0 saturated carbocycles. The maximum atomic E-state index is 4.46. The zero-order valence-electron chi connectivity index (χ0n) is 9.63. The van der Waals surface area contributed by atoms with Crippen molar-refractivity contribution in [3.63, 3.8) is 0 Å². The van der Waals surface area contributed by atoms with Gasteiger partial charge in [0.05, 0.1) is 0 Å². The number of aromatic nitrogens is 1. The second kappa shape index (κ2) is 4.42. The van der Waals surface area contributed by atoms with Crippen molar-refractivity contribution in [2.24, 2.45) is 0 Å². The molecule has 1 atom stereocenters. The van der Waals surface area contributed by atoms with Crippen molar-refractivity contribution in [1.29, 1.82) is 0 Å². The van der Waals surface area contributed by atoms with Crippen molar-refractivity contribution in [2.45, 2.75) is 38.1 Å². The molecule has 0 aromatic carbocycles. The van der Waals surface area contributed by atoms with Gasteiger partial charge in [0.1, 0.15) is 0 Å². The van der Waals surface area contributed by atoms with Crippen molar-refractivity contribution in [1.82, 2.24) is 10.3 Å². The molecule has 0 bridgehead atoms. The summed E-state index contributed by atoms with van der Waals surface area (Å²) in [5, 5.41) is 7.12. The first-order chi connectivity index (χ1) is 7.93. The average molecular weight is 217 g/mol. The average Bonchev–Trinajstić information content (AvgIpc) is 2.80. The summed E-state index contributed by atoms with van der Waals surface area (Å²) < 4.78 is 0. The third-order valence-electron chi connectivity index (χ3n) is 3.64. The lowest BCUT2D eigenvalue weighted by molar-refractivity contribution is 0.479. The number of nitrogens with one attached hydrogen (secondary N) is 2. The topological polar surface area (TPSA) is 37.0 Å². The van der Waals surface area contributed by atoms with E-state index in [0.717, 1.165) is 13.0 Å². The van der Waals surface area contributed by atoms with Crippen LogP contribution in [0.2, 0.25) is 0 Å². The zero-order chi connectivity index (χ0) is 10.8. The molecule has 1 aliphatic heterocycles. The summed E-state index contributed by atoms with van der Waals surface area (Å²) in [7, 11) is 0. The first-order valence-corrected chi connectivity index (χ1v) is 6.37. The summed E-state index contributed by atoms with van der Waals surface area (Å²) in [6.07, 6.45) is 8.14. The summed E-state index contributed by atoms with van der Waals surface area (Å²) in [5.74, 6) is 0. The Kier molecular flexibility index (Phi) is 2.79. The predicted molar refractivity (Wildman–Crippen MR) is 65.8 cm³/mol. The summed E-state index contributed by atoms with van der Waals surface area (Å²) in [6.45, 7) is 2.27. The van der Waals surface area contributed by atoms with E-state index in [-0.39, 0.29) is 0 Å². The Morgan fingerprint density at radius 1 is 1.31 bits per heavy atom. The van der Waals surface area contributed by atoms with E-state index >= 15 is 0 Å². The third-order valence-corrected chi connectivity index (χ3v) is 3.64. The molecule has 3 heteroatoms. The van der Waals surface area contributed by atoms with Gasteiger partial charge in [-0.15, -0.1) is 0 Å². The van der Waals surface area contributed by atoms with Gasteiger partial charge in [-0.2, -0.15) is 0 Å². The lowest BCUT2D eigenvalue weighted by Crippen LogP contribution is -2.38. The standard InChI is InChI=1S/C13H19N3/c1-4-11-12(5-1)15-8-6-13(11)16-10-3-2-7-14-9-10/h6,8,10,14H,1-5,7,9H2,(H,15,16). The van der Waals surface area contributed by atoms with Crippen LogP contribution < -0.4 is 10.6 Å². The molecule has 2 heterocycles. The molecule has 1 unspecified atom stereocenters. The number of fused-ring (bicyclic) bond motifs is 1. The SMILES string of the molecule is c1cc(NC2CCCNC2)c2c(n1)CCC2. The molecule has 1 fully saturated rings. The quantitative estimate of drug-likeness (QED) is 0.792. The highest BCUT2D eigenvalue weighted by molar-refractivity contribution is 5.54. The smallest absolute Gasteiger partial charge is 0.0456 e. The van der Waals surface area contributed by atoms with Gasteiger partial charge in [-0.3, -0.25) is 4.98 Å². The van der Waals surface area contributed by atoms with E-state index in [1.165, 1.54) is 49.2 Å². The highest BCUT2D eigenvalue weighted by Gasteiger charge is 2.18. The van der Waals surface area contributed by atoms with Gasteiger partial charge < -0.3 is 10.6 Å². The van der Waals surface area contributed by atoms with E-state index in [2.05, 4.69) is 21.7 Å². The lowest BCUT2D eigenvalue weighted by atomic mass is 10.1. The molecule has 1 aromatic rings. The number of aryl methyl sites for hydroxylation is 1. The number of pyridine rings is 1. The van der Waals surface area contributed by atoms with Crippen LogP contribution in [0.5, 0.6) is 0 Å². The van der Waals surface area contributed by atoms with Crippen LogP contribution in [0.3, 0.4) is 0 Å². The molecule has 2 N–H and O–H groups in total. The van der Waals surface area contributed by atoms with E-state index in [1.54, 1.807) is 0 Å². The van der Waals surface area contributed by atoms with Gasteiger partial charge in [-0.1, -0.05) is 0 Å². The van der Waals surface area contributed by atoms with Gasteiger partial charge in [0, 0.05) is 30.2 Å². The molecular formula is C13H19N3. The highest BCUT2D eigenvalue weighted by atomic mass is 15.0. The minimum absolute atomic E-state index is 0.598. The van der Waals surface area contributed by atoms with Gasteiger partial charge in [-0.05, 0) is 50.3 Å². The normalized spacial score (nSPS) is 24.1. The summed E-state index contributed by atoms with van der Waals surface area (Å²) in [4.78, 5) is 4.46. The van der Waals surface area contributed by atoms with Crippen LogP contribution in [-0.2, 0) is 12.8 Å². The molecule has 1 aliphatic carbocycles. The Labute approximate surface area is 96.7 Å². The summed E-state index contributed by atoms with van der Waals surface area (Å²) in [6, 6.07) is 2.74. The number of hydrogen-bond acceptors (Lipinski definition) is 3. The fourth-order valence-electron chi connectivity index (χ4n) is 2.79. The maximum absolute atomic E-state index is 4.46. The molecule has 0 radical (unpaired) electrons. The van der Waals surface area contributed by atoms with Crippen molar-refractivity contribution in [3.05, 3.63) is 23.5 Å². The molecule has 3 rings (SSSR count). The molecule has 16 heavy (non-hydrogen) atoms. The molecule has 86 valence electrons. The Balaban J connectivity index is 1.76. The van der Waals surface area contributed by atoms with Gasteiger partial charge in [0.25, 0.3) is 0 Å². The van der Waals surface area contributed by atoms with Crippen LogP contribution in [0, 0.1) is 0 Å². The van der Waals surface area contributed by atoms with Crippen molar-refractivity contribution >= 4 is 5.69 Å². The van der Waals surface area contributed by atoms with Crippen LogP contribution in [-0.4, -0.2) is 24.1 Å². The molecule has 2 aliphatic rings. The van der Waals surface area contributed by atoms with Gasteiger partial charge in [-0.25, -0.2) is 0 Å². The number of anilines is 1. The minimum Gasteiger partial charge on any atom is -0.381 e. The summed E-state index contributed by atoms with van der Waals surface area (Å²) >= 11 is 0. The Morgan fingerprint density at radius 2 is 2.31 bits per heavy atom. The van der Waals surface area contributed by atoms with E-state index in [0.29, 0.717) is 6.04 Å². The fraction of sp³-hybridized carbons (Fsp3) is 0.615. The second-order valence-electron chi connectivity index (χ2n) is 4.82. The van der Waals surface area contributed by atoms with Gasteiger partial charge in [0.15, 0.2) is 0 Å². The Morgan fingerprint density at radius 3 is 3.19 bits per heavy atom. The molecular weight excluding hydrogens is 198 g/mol. The lowest BCUT2D eigenvalue weighted by Gasteiger charge is -2.25. The minimum atomic E-state index is 0.598. The maximum Gasteiger partial charge on any atom is 0.0456 e. The van der Waals surface area contributed by atoms with E-state index in [4.69, 9.17) is 0 Å². The Bertz CT molecular complexity index is 369. The van der Waals surface area contributed by atoms with Crippen molar-refractivity contribution in [3.8, 4) is 0 Å². The van der Waals surface area contributed by atoms with Crippen LogP contribution in [0.15, 0.2) is 12.3 Å². The zero-order valence-corrected chi connectivity index (χ0v) is 9.63. The molecule has 3 nitrogen and oxygen atoms in total. The molecule has 1 saturated heterocycles. The largest absolute Gasteiger partial charge is 0.381 e. The fourth-order valence-corrected chi connectivity index (χ4v) is 2.79. The number of nitrogens with zero attached hydrogens (tertiary/aromatic N) is 1.